The van der Waals surface area contributed by atoms with Gasteiger partial charge in [-0.25, -0.2) is 8.42 Å². The van der Waals surface area contributed by atoms with E-state index in [0.29, 0.717) is 4.21 Å². The first-order chi connectivity index (χ1) is 7.36. The molecule has 6 heteroatoms. The molecule has 2 rings (SSSR count). The van der Waals surface area contributed by atoms with Crippen LogP contribution in [-0.2, 0) is 10.0 Å². The van der Waals surface area contributed by atoms with Crippen LogP contribution in [0, 0.1) is 5.92 Å². The predicted octanol–water partition coefficient (Wildman–Crippen LogP) is 1.14. The maximum absolute atomic E-state index is 12.0. The summed E-state index contributed by atoms with van der Waals surface area (Å²) in [4.78, 5) is 0. The predicted molar refractivity (Wildman–Crippen MR) is 62.9 cm³/mol. The summed E-state index contributed by atoms with van der Waals surface area (Å²) in [7, 11) is -3.37. The summed E-state index contributed by atoms with van der Waals surface area (Å²) in [6, 6.07) is 3.30. The average molecular weight is 261 g/mol. The van der Waals surface area contributed by atoms with E-state index in [2.05, 4.69) is 0 Å². The number of aliphatic hydroxyl groups is 1. The maximum Gasteiger partial charge on any atom is 0.252 e. The highest BCUT2D eigenvalue weighted by Crippen LogP contribution is 2.34. The lowest BCUT2D eigenvalue weighted by Gasteiger charge is -2.47. The Bertz CT molecular complexity index is 458. The molecule has 1 fully saturated rings. The molecule has 0 unspecified atom stereocenters. The van der Waals surface area contributed by atoms with Crippen molar-refractivity contribution < 1.29 is 13.5 Å². The van der Waals surface area contributed by atoms with Gasteiger partial charge in [0.2, 0.25) is 0 Å². The molecule has 0 atom stereocenters. The highest BCUT2D eigenvalue weighted by Gasteiger charge is 2.49. The molecule has 16 heavy (non-hydrogen) atoms. The number of rotatable bonds is 3. The molecule has 0 aromatic carbocycles. The SMILES string of the molecule is CC(C)C1(O)CN(S(=O)(=O)c2cccs2)C1. The smallest absolute Gasteiger partial charge is 0.252 e. The fourth-order valence-electron chi connectivity index (χ4n) is 1.64. The lowest BCUT2D eigenvalue weighted by atomic mass is 9.85. The molecule has 0 amide bonds. The van der Waals surface area contributed by atoms with Crippen LogP contribution in [0.3, 0.4) is 0 Å². The quantitative estimate of drug-likeness (QED) is 0.887. The van der Waals surface area contributed by atoms with Crippen LogP contribution in [0.1, 0.15) is 13.8 Å². The number of nitrogens with zero attached hydrogens (tertiary/aromatic N) is 1. The van der Waals surface area contributed by atoms with Crippen LogP contribution in [0.25, 0.3) is 0 Å². The minimum Gasteiger partial charge on any atom is -0.387 e. The van der Waals surface area contributed by atoms with Gasteiger partial charge in [-0.2, -0.15) is 4.31 Å². The Morgan fingerprint density at radius 1 is 1.50 bits per heavy atom. The standard InChI is InChI=1S/C10H15NO3S2/c1-8(2)10(12)6-11(7-10)16(13,14)9-4-3-5-15-9/h3-5,8,12H,6-7H2,1-2H3. The van der Waals surface area contributed by atoms with Gasteiger partial charge in [-0.15, -0.1) is 11.3 Å². The van der Waals surface area contributed by atoms with Gasteiger partial charge in [-0.1, -0.05) is 19.9 Å². The molecular formula is C10H15NO3S2. The average Bonchev–Trinajstić information content (AvgIpc) is 2.65. The van der Waals surface area contributed by atoms with E-state index in [4.69, 9.17) is 0 Å². The molecule has 1 aliphatic rings. The molecule has 0 aliphatic carbocycles. The molecule has 1 aliphatic heterocycles. The Morgan fingerprint density at radius 3 is 2.56 bits per heavy atom. The normalized spacial score (nSPS) is 21.0. The molecule has 0 saturated carbocycles. The fourth-order valence-corrected chi connectivity index (χ4v) is 4.35. The molecule has 0 radical (unpaired) electrons. The van der Waals surface area contributed by atoms with Gasteiger partial charge >= 0.3 is 0 Å². The van der Waals surface area contributed by atoms with Crippen molar-refractivity contribution in [2.45, 2.75) is 23.7 Å². The second-order valence-corrected chi connectivity index (χ2v) is 7.58. The Labute approximate surface area is 99.6 Å². The van der Waals surface area contributed by atoms with Gasteiger partial charge in [-0.05, 0) is 17.4 Å². The largest absolute Gasteiger partial charge is 0.387 e. The second-order valence-electron chi connectivity index (χ2n) is 4.46. The minimum absolute atomic E-state index is 0.0716. The number of sulfonamides is 1. The van der Waals surface area contributed by atoms with Gasteiger partial charge in [0.1, 0.15) is 4.21 Å². The van der Waals surface area contributed by atoms with Crippen LogP contribution in [0.5, 0.6) is 0 Å². The molecule has 1 aromatic heterocycles. The third-order valence-corrected chi connectivity index (χ3v) is 6.23. The van der Waals surface area contributed by atoms with Crippen molar-refractivity contribution in [1.29, 1.82) is 0 Å². The van der Waals surface area contributed by atoms with Crippen molar-refractivity contribution in [1.82, 2.24) is 4.31 Å². The molecule has 90 valence electrons. The maximum atomic E-state index is 12.0. The molecule has 2 heterocycles. The minimum atomic E-state index is -3.37. The molecule has 1 saturated heterocycles. The van der Waals surface area contributed by atoms with E-state index in [1.54, 1.807) is 17.5 Å². The fraction of sp³-hybridized carbons (Fsp3) is 0.600. The number of hydrogen-bond donors (Lipinski definition) is 1. The van der Waals surface area contributed by atoms with Crippen molar-refractivity contribution >= 4 is 21.4 Å². The Balaban J connectivity index is 2.14. The third kappa shape index (κ3) is 1.79. The van der Waals surface area contributed by atoms with E-state index >= 15 is 0 Å². The summed E-state index contributed by atoms with van der Waals surface area (Å²) in [5.74, 6) is 0.0716. The first kappa shape index (κ1) is 12.0. The molecule has 1 N–H and O–H groups in total. The monoisotopic (exact) mass is 261 g/mol. The Kier molecular flexibility index (Phi) is 2.86. The second kappa shape index (κ2) is 3.80. The highest BCUT2D eigenvalue weighted by atomic mass is 32.2. The van der Waals surface area contributed by atoms with Crippen molar-refractivity contribution in [3.63, 3.8) is 0 Å². The van der Waals surface area contributed by atoms with Crippen LogP contribution < -0.4 is 0 Å². The zero-order chi connectivity index (χ0) is 12.0. The van der Waals surface area contributed by atoms with Gasteiger partial charge in [0.05, 0.1) is 5.60 Å². The molecule has 0 bridgehead atoms. The van der Waals surface area contributed by atoms with Crippen LogP contribution in [0.4, 0.5) is 0 Å². The van der Waals surface area contributed by atoms with E-state index in [9.17, 15) is 13.5 Å². The van der Waals surface area contributed by atoms with Gasteiger partial charge in [0.25, 0.3) is 10.0 Å². The summed E-state index contributed by atoms with van der Waals surface area (Å²) >= 11 is 1.20. The number of β-amino-alcohol motifs (C(OH)–C–C–N with tert-alkyl or cyclic N) is 1. The molecule has 1 aromatic rings. The summed E-state index contributed by atoms with van der Waals surface area (Å²) < 4.78 is 25.7. The van der Waals surface area contributed by atoms with Gasteiger partial charge < -0.3 is 5.11 Å². The van der Waals surface area contributed by atoms with Crippen molar-refractivity contribution in [2.75, 3.05) is 13.1 Å². The van der Waals surface area contributed by atoms with Gasteiger partial charge in [-0.3, -0.25) is 0 Å². The van der Waals surface area contributed by atoms with E-state index in [-0.39, 0.29) is 19.0 Å². The van der Waals surface area contributed by atoms with Crippen molar-refractivity contribution in [2.24, 2.45) is 5.92 Å². The van der Waals surface area contributed by atoms with Crippen LogP contribution in [0.2, 0.25) is 0 Å². The van der Waals surface area contributed by atoms with E-state index in [1.807, 2.05) is 13.8 Å². The van der Waals surface area contributed by atoms with E-state index in [0.717, 1.165) is 0 Å². The van der Waals surface area contributed by atoms with Gasteiger partial charge in [0.15, 0.2) is 0 Å². The van der Waals surface area contributed by atoms with Crippen LogP contribution in [-0.4, -0.2) is 36.5 Å². The Hall–Kier alpha value is -0.430. The number of hydrogen-bond acceptors (Lipinski definition) is 4. The van der Waals surface area contributed by atoms with E-state index < -0.39 is 15.6 Å². The van der Waals surface area contributed by atoms with Crippen LogP contribution >= 0.6 is 11.3 Å². The lowest BCUT2D eigenvalue weighted by Crippen LogP contribution is -2.65. The first-order valence-electron chi connectivity index (χ1n) is 5.12. The van der Waals surface area contributed by atoms with Crippen molar-refractivity contribution in [3.05, 3.63) is 17.5 Å². The zero-order valence-electron chi connectivity index (χ0n) is 9.25. The highest BCUT2D eigenvalue weighted by molar-refractivity contribution is 7.91. The number of thiophene rings is 1. The Morgan fingerprint density at radius 2 is 2.12 bits per heavy atom. The summed E-state index contributed by atoms with van der Waals surface area (Å²) in [5.41, 5.74) is -0.857. The third-order valence-electron chi connectivity index (χ3n) is 3.06. The zero-order valence-corrected chi connectivity index (χ0v) is 10.9. The summed E-state index contributed by atoms with van der Waals surface area (Å²) in [5, 5.41) is 11.8. The topological polar surface area (TPSA) is 57.6 Å². The van der Waals surface area contributed by atoms with Crippen LogP contribution in [0.15, 0.2) is 21.7 Å². The lowest BCUT2D eigenvalue weighted by molar-refractivity contribution is -0.0931. The molecular weight excluding hydrogens is 246 g/mol. The first-order valence-corrected chi connectivity index (χ1v) is 7.44. The van der Waals surface area contributed by atoms with E-state index in [1.165, 1.54) is 15.6 Å². The summed E-state index contributed by atoms with van der Waals surface area (Å²) in [6.07, 6.45) is 0. The summed E-state index contributed by atoms with van der Waals surface area (Å²) in [6.45, 7) is 4.19. The van der Waals surface area contributed by atoms with Gasteiger partial charge in [0, 0.05) is 13.1 Å². The van der Waals surface area contributed by atoms with Crippen molar-refractivity contribution in [3.8, 4) is 0 Å². The molecule has 4 nitrogen and oxygen atoms in total. The molecule has 0 spiro atoms.